The fourth-order valence-corrected chi connectivity index (χ4v) is 3.12. The van der Waals surface area contributed by atoms with Gasteiger partial charge in [-0.05, 0) is 44.2 Å². The summed E-state index contributed by atoms with van der Waals surface area (Å²) in [4.78, 5) is 24.7. The molecular formula is C19H24FN5O2. The van der Waals surface area contributed by atoms with E-state index >= 15 is 0 Å². The third-order valence-corrected chi connectivity index (χ3v) is 4.70. The van der Waals surface area contributed by atoms with Crippen LogP contribution in [0.25, 0.3) is 0 Å². The number of likely N-dealkylation sites (tertiary alicyclic amines) is 1. The molecule has 0 radical (unpaired) electrons. The van der Waals surface area contributed by atoms with E-state index < -0.39 is 5.82 Å². The number of benzene rings is 1. The lowest BCUT2D eigenvalue weighted by Gasteiger charge is -2.24. The van der Waals surface area contributed by atoms with Gasteiger partial charge in [-0.1, -0.05) is 6.07 Å². The molecule has 0 unspecified atom stereocenters. The quantitative estimate of drug-likeness (QED) is 0.828. The van der Waals surface area contributed by atoms with Gasteiger partial charge in [-0.3, -0.25) is 9.69 Å². The van der Waals surface area contributed by atoms with Gasteiger partial charge in [0.1, 0.15) is 11.6 Å². The number of hydrogen-bond donors (Lipinski definition) is 1. The highest BCUT2D eigenvalue weighted by Crippen LogP contribution is 2.20. The molecule has 3 rings (SSSR count). The second-order valence-electron chi connectivity index (χ2n) is 6.82. The minimum Gasteiger partial charge on any atom is -0.481 e. The van der Waals surface area contributed by atoms with Gasteiger partial charge in [0.2, 0.25) is 0 Å². The Morgan fingerprint density at radius 1 is 1.44 bits per heavy atom. The van der Waals surface area contributed by atoms with Gasteiger partial charge in [0.05, 0.1) is 6.54 Å². The van der Waals surface area contributed by atoms with Gasteiger partial charge in [0.15, 0.2) is 18.2 Å². The average molecular weight is 373 g/mol. The standard InChI is InChI=1S/C19H24FN5O2/c1-13-3-4-15(20)16(9-13)27-12-19(26)25-8-6-14(10-25)24(2)11-18-22-7-5-17(21)23-18/h3-5,7,9,14H,6,8,10-12H2,1-2H3,(H2,21,22,23)/t14-/m0/s1. The number of likely N-dealkylation sites (N-methyl/N-ethyl adjacent to an activating group) is 1. The number of hydrogen-bond acceptors (Lipinski definition) is 6. The van der Waals surface area contributed by atoms with E-state index in [-0.39, 0.29) is 24.3 Å². The van der Waals surface area contributed by atoms with E-state index in [2.05, 4.69) is 14.9 Å². The fourth-order valence-electron chi connectivity index (χ4n) is 3.12. The second-order valence-corrected chi connectivity index (χ2v) is 6.82. The Bertz CT molecular complexity index is 816. The first-order chi connectivity index (χ1) is 12.9. The molecule has 1 aromatic carbocycles. The molecule has 0 saturated carbocycles. The van der Waals surface area contributed by atoms with Gasteiger partial charge in [-0.2, -0.15) is 0 Å². The Hall–Kier alpha value is -2.74. The maximum absolute atomic E-state index is 13.7. The van der Waals surface area contributed by atoms with Crippen molar-refractivity contribution in [2.24, 2.45) is 0 Å². The maximum atomic E-state index is 13.7. The van der Waals surface area contributed by atoms with Crippen LogP contribution in [-0.2, 0) is 11.3 Å². The topological polar surface area (TPSA) is 84.6 Å². The van der Waals surface area contributed by atoms with Crippen LogP contribution in [0.15, 0.2) is 30.5 Å². The number of nitrogens with zero attached hydrogens (tertiary/aromatic N) is 4. The summed E-state index contributed by atoms with van der Waals surface area (Å²) in [6.45, 7) is 3.47. The van der Waals surface area contributed by atoms with Crippen LogP contribution in [0.3, 0.4) is 0 Å². The lowest BCUT2D eigenvalue weighted by molar-refractivity contribution is -0.132. The smallest absolute Gasteiger partial charge is 0.260 e. The molecule has 7 nitrogen and oxygen atoms in total. The number of ether oxygens (including phenoxy) is 1. The first-order valence-corrected chi connectivity index (χ1v) is 8.86. The molecule has 1 aliphatic rings. The molecule has 1 atom stereocenters. The van der Waals surface area contributed by atoms with Crippen LogP contribution in [0.5, 0.6) is 5.75 Å². The van der Waals surface area contributed by atoms with E-state index in [4.69, 9.17) is 10.5 Å². The number of carbonyl (C=O) groups is 1. The van der Waals surface area contributed by atoms with E-state index in [9.17, 15) is 9.18 Å². The summed E-state index contributed by atoms with van der Waals surface area (Å²) in [5.74, 6) is 0.592. The Morgan fingerprint density at radius 3 is 3.04 bits per heavy atom. The highest BCUT2D eigenvalue weighted by Gasteiger charge is 2.29. The monoisotopic (exact) mass is 373 g/mol. The summed E-state index contributed by atoms with van der Waals surface area (Å²) in [6.07, 6.45) is 2.49. The number of halogens is 1. The van der Waals surface area contributed by atoms with Gasteiger partial charge in [0.25, 0.3) is 5.91 Å². The van der Waals surface area contributed by atoms with Crippen molar-refractivity contribution in [3.8, 4) is 5.75 Å². The molecule has 8 heteroatoms. The Balaban J connectivity index is 1.51. The Morgan fingerprint density at radius 2 is 2.26 bits per heavy atom. The molecule has 1 amide bonds. The zero-order chi connectivity index (χ0) is 19.4. The zero-order valence-corrected chi connectivity index (χ0v) is 15.6. The lowest BCUT2D eigenvalue weighted by atomic mass is 10.2. The van der Waals surface area contributed by atoms with Crippen LogP contribution in [0.4, 0.5) is 10.2 Å². The van der Waals surface area contributed by atoms with Crippen LogP contribution in [0.2, 0.25) is 0 Å². The Labute approximate surface area is 158 Å². The molecular weight excluding hydrogens is 349 g/mol. The summed E-state index contributed by atoms with van der Waals surface area (Å²) in [7, 11) is 1.98. The van der Waals surface area contributed by atoms with Crippen molar-refractivity contribution in [3.63, 3.8) is 0 Å². The number of nitrogen functional groups attached to an aromatic ring is 1. The van der Waals surface area contributed by atoms with Gasteiger partial charge < -0.3 is 15.4 Å². The average Bonchev–Trinajstić information content (AvgIpc) is 3.12. The number of aryl methyl sites for hydroxylation is 1. The predicted molar refractivity (Wildman–Crippen MR) is 99.5 cm³/mol. The third-order valence-electron chi connectivity index (χ3n) is 4.70. The SMILES string of the molecule is Cc1ccc(F)c(OCC(=O)N2CC[C@H](N(C)Cc3nccc(N)n3)C2)c1. The van der Waals surface area contributed by atoms with Crippen LogP contribution in [-0.4, -0.2) is 58.5 Å². The zero-order valence-electron chi connectivity index (χ0n) is 15.6. The summed E-state index contributed by atoms with van der Waals surface area (Å²) >= 11 is 0. The first kappa shape index (κ1) is 19.0. The first-order valence-electron chi connectivity index (χ1n) is 8.86. The highest BCUT2D eigenvalue weighted by atomic mass is 19.1. The molecule has 2 N–H and O–H groups in total. The van der Waals surface area contributed by atoms with E-state index in [1.807, 2.05) is 14.0 Å². The minimum absolute atomic E-state index is 0.107. The van der Waals surface area contributed by atoms with Crippen LogP contribution >= 0.6 is 0 Å². The number of amides is 1. The molecule has 2 aromatic rings. The van der Waals surface area contributed by atoms with Crippen molar-refractivity contribution in [1.29, 1.82) is 0 Å². The molecule has 1 saturated heterocycles. The van der Waals surface area contributed by atoms with E-state index in [1.54, 1.807) is 29.3 Å². The van der Waals surface area contributed by atoms with Gasteiger partial charge in [0, 0.05) is 25.3 Å². The second kappa shape index (κ2) is 8.30. The van der Waals surface area contributed by atoms with Crippen molar-refractivity contribution in [2.75, 3.05) is 32.5 Å². The molecule has 1 fully saturated rings. The van der Waals surface area contributed by atoms with Crippen molar-refractivity contribution in [1.82, 2.24) is 19.8 Å². The van der Waals surface area contributed by atoms with Crippen molar-refractivity contribution in [2.45, 2.75) is 25.9 Å². The van der Waals surface area contributed by atoms with E-state index in [1.165, 1.54) is 6.07 Å². The number of aromatic nitrogens is 2. The molecule has 27 heavy (non-hydrogen) atoms. The molecule has 1 aromatic heterocycles. The van der Waals surface area contributed by atoms with E-state index in [0.29, 0.717) is 31.3 Å². The lowest BCUT2D eigenvalue weighted by Crippen LogP contribution is -2.38. The van der Waals surface area contributed by atoms with Crippen LogP contribution in [0, 0.1) is 12.7 Å². The number of carbonyl (C=O) groups excluding carboxylic acids is 1. The normalized spacial score (nSPS) is 16.7. The summed E-state index contributed by atoms with van der Waals surface area (Å²) in [5.41, 5.74) is 6.57. The predicted octanol–water partition coefficient (Wildman–Crippen LogP) is 1.62. The molecule has 2 heterocycles. The molecule has 1 aliphatic heterocycles. The largest absolute Gasteiger partial charge is 0.481 e. The maximum Gasteiger partial charge on any atom is 0.260 e. The van der Waals surface area contributed by atoms with E-state index in [0.717, 1.165) is 12.0 Å². The fraction of sp³-hybridized carbons (Fsp3) is 0.421. The molecule has 144 valence electrons. The van der Waals surface area contributed by atoms with Gasteiger partial charge in [-0.15, -0.1) is 0 Å². The number of rotatable bonds is 6. The van der Waals surface area contributed by atoms with Crippen LogP contribution in [0.1, 0.15) is 17.8 Å². The molecule has 0 aliphatic carbocycles. The number of anilines is 1. The summed E-state index contributed by atoms with van der Waals surface area (Å²) in [5, 5.41) is 0. The summed E-state index contributed by atoms with van der Waals surface area (Å²) < 4.78 is 19.1. The summed E-state index contributed by atoms with van der Waals surface area (Å²) in [6, 6.07) is 6.45. The van der Waals surface area contributed by atoms with Crippen molar-refractivity contribution in [3.05, 3.63) is 47.7 Å². The highest BCUT2D eigenvalue weighted by molar-refractivity contribution is 5.78. The van der Waals surface area contributed by atoms with Crippen molar-refractivity contribution < 1.29 is 13.9 Å². The van der Waals surface area contributed by atoms with Crippen LogP contribution < -0.4 is 10.5 Å². The Kier molecular flexibility index (Phi) is 5.85. The molecule has 0 bridgehead atoms. The minimum atomic E-state index is -0.463. The third kappa shape index (κ3) is 4.91. The van der Waals surface area contributed by atoms with Gasteiger partial charge in [-0.25, -0.2) is 14.4 Å². The number of nitrogens with two attached hydrogens (primary N) is 1. The van der Waals surface area contributed by atoms with Gasteiger partial charge >= 0.3 is 0 Å². The van der Waals surface area contributed by atoms with Crippen molar-refractivity contribution >= 4 is 11.7 Å². The molecule has 0 spiro atoms.